The number of fused-ring (bicyclic) bond motifs is 1. The zero-order chi connectivity index (χ0) is 16.4. The fourth-order valence-corrected chi connectivity index (χ4v) is 3.42. The minimum Gasteiger partial charge on any atom is -0.348 e. The summed E-state index contributed by atoms with van der Waals surface area (Å²) < 4.78 is 39.1. The largest absolute Gasteiger partial charge is 0.417 e. The first-order valence-electron chi connectivity index (χ1n) is 6.86. The number of carbonyl (C=O) groups is 1. The van der Waals surface area contributed by atoms with Crippen molar-refractivity contribution < 1.29 is 18.0 Å². The molecule has 0 saturated carbocycles. The van der Waals surface area contributed by atoms with Gasteiger partial charge in [-0.15, -0.1) is 11.3 Å². The Bertz CT molecular complexity index is 840. The lowest BCUT2D eigenvalue weighted by Crippen LogP contribution is -2.22. The van der Waals surface area contributed by atoms with Crippen LogP contribution in [-0.4, -0.2) is 5.91 Å². The van der Waals surface area contributed by atoms with Gasteiger partial charge in [-0.2, -0.15) is 13.2 Å². The normalized spacial score (nSPS) is 11.6. The number of hydrogen-bond donors (Lipinski definition) is 1. The van der Waals surface area contributed by atoms with Crippen LogP contribution in [0.2, 0.25) is 0 Å². The lowest BCUT2D eigenvalue weighted by atomic mass is 10.1. The Balaban J connectivity index is 1.87. The monoisotopic (exact) mass is 335 g/mol. The van der Waals surface area contributed by atoms with Crippen LogP contribution in [-0.2, 0) is 12.7 Å². The fourth-order valence-electron chi connectivity index (χ4n) is 2.33. The number of nitrogens with one attached hydrogen (secondary N) is 1. The summed E-state index contributed by atoms with van der Waals surface area (Å²) in [5, 5.41) is 4.54. The standard InChI is InChI=1S/C17H12F3NOS/c18-17(19,20)14-8-4-7-12-13(10-23-15(12)14)16(22)21-9-11-5-2-1-3-6-11/h1-8,10H,9H2,(H,21,22). The van der Waals surface area contributed by atoms with Gasteiger partial charge in [-0.25, -0.2) is 0 Å². The molecule has 0 aliphatic rings. The smallest absolute Gasteiger partial charge is 0.348 e. The summed E-state index contributed by atoms with van der Waals surface area (Å²) in [7, 11) is 0. The highest BCUT2D eigenvalue weighted by Crippen LogP contribution is 2.38. The maximum atomic E-state index is 13.0. The second-order valence-electron chi connectivity index (χ2n) is 5.00. The number of alkyl halides is 3. The van der Waals surface area contributed by atoms with Gasteiger partial charge in [-0.3, -0.25) is 4.79 Å². The number of carbonyl (C=O) groups excluding carboxylic acids is 1. The number of amides is 1. The highest BCUT2D eigenvalue weighted by atomic mass is 32.1. The van der Waals surface area contributed by atoms with E-state index in [1.807, 2.05) is 30.3 Å². The van der Waals surface area contributed by atoms with E-state index in [0.29, 0.717) is 11.9 Å². The number of thiophene rings is 1. The molecular formula is C17H12F3NOS. The minimum absolute atomic E-state index is 0.0878. The van der Waals surface area contributed by atoms with Gasteiger partial charge in [0.15, 0.2) is 0 Å². The molecular weight excluding hydrogens is 323 g/mol. The first kappa shape index (κ1) is 15.6. The molecule has 0 atom stereocenters. The fraction of sp³-hybridized carbons (Fsp3) is 0.118. The maximum absolute atomic E-state index is 13.0. The first-order valence-corrected chi connectivity index (χ1v) is 7.74. The van der Waals surface area contributed by atoms with Gasteiger partial charge in [-0.05, 0) is 11.6 Å². The van der Waals surface area contributed by atoms with E-state index in [9.17, 15) is 18.0 Å². The molecule has 0 fully saturated rings. The van der Waals surface area contributed by atoms with Crippen LogP contribution in [0, 0.1) is 0 Å². The Morgan fingerprint density at radius 3 is 2.48 bits per heavy atom. The molecule has 1 N–H and O–H groups in total. The van der Waals surface area contributed by atoms with Gasteiger partial charge in [0, 0.05) is 22.0 Å². The molecule has 1 amide bonds. The van der Waals surface area contributed by atoms with E-state index in [1.54, 1.807) is 6.07 Å². The molecule has 1 aromatic heterocycles. The molecule has 1 heterocycles. The zero-order valence-electron chi connectivity index (χ0n) is 11.9. The van der Waals surface area contributed by atoms with Crippen molar-refractivity contribution in [3.05, 3.63) is 70.6 Å². The molecule has 6 heteroatoms. The summed E-state index contributed by atoms with van der Waals surface area (Å²) >= 11 is 0.937. The second-order valence-corrected chi connectivity index (χ2v) is 5.88. The highest BCUT2D eigenvalue weighted by Gasteiger charge is 2.33. The van der Waals surface area contributed by atoms with Gasteiger partial charge in [0.2, 0.25) is 0 Å². The lowest BCUT2D eigenvalue weighted by molar-refractivity contribution is -0.136. The SMILES string of the molecule is O=C(NCc1ccccc1)c1csc2c(C(F)(F)F)cccc12. The molecule has 118 valence electrons. The Kier molecular flexibility index (Phi) is 4.09. The third-order valence-electron chi connectivity index (χ3n) is 3.45. The summed E-state index contributed by atoms with van der Waals surface area (Å²) in [4.78, 5) is 12.3. The topological polar surface area (TPSA) is 29.1 Å². The van der Waals surface area contributed by atoms with E-state index in [-0.39, 0.29) is 16.2 Å². The van der Waals surface area contributed by atoms with Crippen LogP contribution in [0.1, 0.15) is 21.5 Å². The van der Waals surface area contributed by atoms with Crippen molar-refractivity contribution in [1.82, 2.24) is 5.32 Å². The van der Waals surface area contributed by atoms with Crippen LogP contribution in [0.3, 0.4) is 0 Å². The third-order valence-corrected chi connectivity index (χ3v) is 4.47. The van der Waals surface area contributed by atoms with Gasteiger partial charge >= 0.3 is 6.18 Å². The van der Waals surface area contributed by atoms with Gasteiger partial charge < -0.3 is 5.32 Å². The van der Waals surface area contributed by atoms with Crippen molar-refractivity contribution in [1.29, 1.82) is 0 Å². The second kappa shape index (κ2) is 6.04. The predicted octanol–water partition coefficient (Wildman–Crippen LogP) is 4.85. The summed E-state index contributed by atoms with van der Waals surface area (Å²) in [6, 6.07) is 13.2. The predicted molar refractivity (Wildman–Crippen MR) is 84.4 cm³/mol. The molecule has 3 aromatic rings. The van der Waals surface area contributed by atoms with E-state index in [0.717, 1.165) is 23.0 Å². The average molecular weight is 335 g/mol. The summed E-state index contributed by atoms with van der Waals surface area (Å²) in [6.07, 6.45) is -4.43. The number of halogens is 3. The molecule has 2 aromatic carbocycles. The number of rotatable bonds is 3. The van der Waals surface area contributed by atoms with Crippen molar-refractivity contribution in [3.8, 4) is 0 Å². The molecule has 0 aliphatic heterocycles. The third kappa shape index (κ3) is 3.22. The molecule has 0 bridgehead atoms. The summed E-state index contributed by atoms with van der Waals surface area (Å²) in [5.41, 5.74) is 0.491. The van der Waals surface area contributed by atoms with Crippen LogP contribution in [0.4, 0.5) is 13.2 Å². The minimum atomic E-state index is -4.43. The molecule has 2 nitrogen and oxygen atoms in total. The molecule has 0 spiro atoms. The number of hydrogen-bond acceptors (Lipinski definition) is 2. The van der Waals surface area contributed by atoms with Gasteiger partial charge in [0.05, 0.1) is 11.1 Å². The van der Waals surface area contributed by atoms with Crippen LogP contribution >= 0.6 is 11.3 Å². The van der Waals surface area contributed by atoms with Crippen molar-refractivity contribution in [3.63, 3.8) is 0 Å². The summed E-state index contributed by atoms with van der Waals surface area (Å²) in [5.74, 6) is -0.376. The van der Waals surface area contributed by atoms with Crippen molar-refractivity contribution in [2.75, 3.05) is 0 Å². The van der Waals surface area contributed by atoms with Crippen molar-refractivity contribution in [2.24, 2.45) is 0 Å². The lowest BCUT2D eigenvalue weighted by Gasteiger charge is -2.08. The Morgan fingerprint density at radius 2 is 1.78 bits per heavy atom. The highest BCUT2D eigenvalue weighted by molar-refractivity contribution is 7.17. The van der Waals surface area contributed by atoms with E-state index in [4.69, 9.17) is 0 Å². The average Bonchev–Trinajstić information content (AvgIpc) is 2.96. The van der Waals surface area contributed by atoms with Gasteiger partial charge in [0.25, 0.3) is 5.91 Å². The van der Waals surface area contributed by atoms with Crippen molar-refractivity contribution in [2.45, 2.75) is 12.7 Å². The maximum Gasteiger partial charge on any atom is 0.417 e. The first-order chi connectivity index (χ1) is 11.0. The Labute approximate surface area is 134 Å². The summed E-state index contributed by atoms with van der Waals surface area (Å²) in [6.45, 7) is 0.329. The van der Waals surface area contributed by atoms with E-state index in [1.165, 1.54) is 11.4 Å². The Morgan fingerprint density at radius 1 is 1.04 bits per heavy atom. The van der Waals surface area contributed by atoms with Gasteiger partial charge in [-0.1, -0.05) is 42.5 Å². The number of benzene rings is 2. The van der Waals surface area contributed by atoms with Crippen LogP contribution in [0.15, 0.2) is 53.9 Å². The molecule has 0 saturated heterocycles. The quantitative estimate of drug-likeness (QED) is 0.728. The molecule has 0 unspecified atom stereocenters. The van der Waals surface area contributed by atoms with Crippen LogP contribution in [0.25, 0.3) is 10.1 Å². The molecule has 0 aliphatic carbocycles. The van der Waals surface area contributed by atoms with Crippen molar-refractivity contribution >= 4 is 27.3 Å². The molecule has 0 radical (unpaired) electrons. The van der Waals surface area contributed by atoms with Crippen LogP contribution < -0.4 is 5.32 Å². The van der Waals surface area contributed by atoms with E-state index in [2.05, 4.69) is 5.32 Å². The van der Waals surface area contributed by atoms with E-state index < -0.39 is 11.7 Å². The van der Waals surface area contributed by atoms with E-state index >= 15 is 0 Å². The molecule has 3 rings (SSSR count). The zero-order valence-corrected chi connectivity index (χ0v) is 12.7. The van der Waals surface area contributed by atoms with Gasteiger partial charge in [0.1, 0.15) is 0 Å². The van der Waals surface area contributed by atoms with Crippen LogP contribution in [0.5, 0.6) is 0 Å². The molecule has 23 heavy (non-hydrogen) atoms. The Hall–Kier alpha value is -2.34.